The van der Waals surface area contributed by atoms with Crippen molar-refractivity contribution >= 4 is 17.7 Å². The van der Waals surface area contributed by atoms with Crippen LogP contribution in [-0.2, 0) is 11.3 Å². The molecular formula is C22H26N4O2S. The van der Waals surface area contributed by atoms with E-state index in [0.717, 1.165) is 35.1 Å². The minimum Gasteiger partial charge on any atom is -0.467 e. The van der Waals surface area contributed by atoms with Gasteiger partial charge in [-0.25, -0.2) is 0 Å². The molecule has 0 aliphatic heterocycles. The molecule has 7 heteroatoms. The number of amides is 1. The van der Waals surface area contributed by atoms with E-state index in [9.17, 15) is 4.79 Å². The Kier molecular flexibility index (Phi) is 6.34. The molecule has 1 N–H and O–H groups in total. The van der Waals surface area contributed by atoms with E-state index in [1.807, 2.05) is 12.1 Å². The summed E-state index contributed by atoms with van der Waals surface area (Å²) in [4.78, 5) is 12.3. The van der Waals surface area contributed by atoms with Gasteiger partial charge in [-0.3, -0.25) is 9.36 Å². The Morgan fingerprint density at radius 2 is 2.07 bits per heavy atom. The molecule has 152 valence electrons. The molecule has 1 aliphatic rings. The van der Waals surface area contributed by atoms with Gasteiger partial charge >= 0.3 is 0 Å². The van der Waals surface area contributed by atoms with Crippen molar-refractivity contribution in [2.75, 3.05) is 5.75 Å². The number of rotatable bonds is 7. The average molecular weight is 411 g/mol. The lowest BCUT2D eigenvalue weighted by molar-refractivity contribution is -0.118. The molecule has 1 aliphatic carbocycles. The molecule has 0 saturated heterocycles. The molecule has 1 saturated carbocycles. The molecule has 1 amide bonds. The fraction of sp³-hybridized carbons (Fsp3) is 0.409. The van der Waals surface area contributed by atoms with Crippen LogP contribution in [0.2, 0.25) is 0 Å². The molecule has 6 nitrogen and oxygen atoms in total. The number of nitrogens with one attached hydrogen (secondary N) is 1. The maximum atomic E-state index is 12.3. The summed E-state index contributed by atoms with van der Waals surface area (Å²) in [5.41, 5.74) is 2.28. The third-order valence-electron chi connectivity index (χ3n) is 5.25. The van der Waals surface area contributed by atoms with E-state index >= 15 is 0 Å². The second-order valence-corrected chi connectivity index (χ2v) is 8.42. The molecule has 1 fully saturated rings. The van der Waals surface area contributed by atoms with Crippen LogP contribution >= 0.6 is 11.8 Å². The highest BCUT2D eigenvalue weighted by molar-refractivity contribution is 7.99. The Balaban J connectivity index is 1.50. The first-order valence-electron chi connectivity index (χ1n) is 10.1. The van der Waals surface area contributed by atoms with E-state index in [1.165, 1.54) is 36.6 Å². The zero-order valence-electron chi connectivity index (χ0n) is 16.6. The lowest BCUT2D eigenvalue weighted by Crippen LogP contribution is -2.24. The van der Waals surface area contributed by atoms with Crippen molar-refractivity contribution < 1.29 is 9.21 Å². The van der Waals surface area contributed by atoms with E-state index in [1.54, 1.807) is 6.26 Å². The third-order valence-corrected chi connectivity index (χ3v) is 6.20. The number of furan rings is 1. The Bertz CT molecular complexity index is 946. The molecule has 0 radical (unpaired) electrons. The molecule has 0 spiro atoms. The van der Waals surface area contributed by atoms with Crippen LogP contribution in [0.1, 0.15) is 49.5 Å². The lowest BCUT2D eigenvalue weighted by Gasteiger charge is -2.25. The van der Waals surface area contributed by atoms with Crippen LogP contribution in [0, 0.1) is 6.92 Å². The molecule has 0 unspecified atom stereocenters. The molecule has 0 atom stereocenters. The van der Waals surface area contributed by atoms with Gasteiger partial charge in [0, 0.05) is 11.6 Å². The quantitative estimate of drug-likeness (QED) is 0.569. The van der Waals surface area contributed by atoms with Gasteiger partial charge in [-0.1, -0.05) is 54.8 Å². The zero-order valence-corrected chi connectivity index (χ0v) is 17.5. The average Bonchev–Trinajstić information content (AvgIpc) is 3.41. The van der Waals surface area contributed by atoms with Crippen LogP contribution in [0.4, 0.5) is 0 Å². The van der Waals surface area contributed by atoms with Crippen molar-refractivity contribution in [3.05, 3.63) is 54.0 Å². The highest BCUT2D eigenvalue weighted by Crippen LogP contribution is 2.35. The monoisotopic (exact) mass is 410 g/mol. The minimum absolute atomic E-state index is 0.0401. The van der Waals surface area contributed by atoms with Crippen LogP contribution in [0.15, 0.2) is 52.2 Å². The summed E-state index contributed by atoms with van der Waals surface area (Å²) >= 11 is 1.45. The Hall–Kier alpha value is -2.54. The number of thioether (sulfide) groups is 1. The topological polar surface area (TPSA) is 73.0 Å². The number of aryl methyl sites for hydroxylation is 1. The van der Waals surface area contributed by atoms with Crippen LogP contribution in [0.3, 0.4) is 0 Å². The summed E-state index contributed by atoms with van der Waals surface area (Å²) in [6.07, 6.45) is 7.61. The van der Waals surface area contributed by atoms with Crippen LogP contribution in [0.5, 0.6) is 0 Å². The predicted octanol–water partition coefficient (Wildman–Crippen LogP) is 4.76. The van der Waals surface area contributed by atoms with Gasteiger partial charge in [-0.2, -0.15) is 0 Å². The number of hydrogen-bond donors (Lipinski definition) is 1. The van der Waals surface area contributed by atoms with Gasteiger partial charge in [0.1, 0.15) is 5.76 Å². The van der Waals surface area contributed by atoms with Gasteiger partial charge in [0.05, 0.1) is 18.6 Å². The summed E-state index contributed by atoms with van der Waals surface area (Å²) in [5.74, 6) is 1.91. The zero-order chi connectivity index (χ0) is 20.1. The van der Waals surface area contributed by atoms with Crippen molar-refractivity contribution in [3.63, 3.8) is 0 Å². The number of nitrogens with zero attached hydrogens (tertiary/aromatic N) is 3. The first-order chi connectivity index (χ1) is 14.2. The minimum atomic E-state index is -0.0401. The second-order valence-electron chi connectivity index (χ2n) is 7.48. The van der Waals surface area contributed by atoms with Crippen molar-refractivity contribution in [1.82, 2.24) is 20.1 Å². The first-order valence-corrected chi connectivity index (χ1v) is 11.1. The molecule has 2 aromatic heterocycles. The highest BCUT2D eigenvalue weighted by Gasteiger charge is 2.24. The Labute approximate surface area is 175 Å². The van der Waals surface area contributed by atoms with Gasteiger partial charge in [0.15, 0.2) is 11.0 Å². The van der Waals surface area contributed by atoms with Gasteiger partial charge < -0.3 is 9.73 Å². The van der Waals surface area contributed by atoms with Gasteiger partial charge in [0.2, 0.25) is 5.91 Å². The molecule has 4 rings (SSSR count). The third kappa shape index (κ3) is 4.90. The van der Waals surface area contributed by atoms with Crippen molar-refractivity contribution in [3.8, 4) is 11.4 Å². The standard InChI is InChI=1S/C22H26N4O2S/c1-16-7-5-8-17(13-16)21-24-25-22(26(21)18-9-3-2-4-10-18)29-15-20(27)23-14-19-11-6-12-28-19/h5-8,11-13,18H,2-4,9-10,14-15H2,1H3,(H,23,27). The summed E-state index contributed by atoms with van der Waals surface area (Å²) in [6.45, 7) is 2.49. The SMILES string of the molecule is Cc1cccc(-c2nnc(SCC(=O)NCc3ccco3)n2C2CCCCC2)c1. The predicted molar refractivity (Wildman–Crippen MR) is 114 cm³/mol. The van der Waals surface area contributed by atoms with E-state index < -0.39 is 0 Å². The smallest absolute Gasteiger partial charge is 0.230 e. The molecule has 29 heavy (non-hydrogen) atoms. The number of benzene rings is 1. The van der Waals surface area contributed by atoms with Crippen LogP contribution < -0.4 is 5.32 Å². The summed E-state index contributed by atoms with van der Waals surface area (Å²) in [6, 6.07) is 12.4. The van der Waals surface area contributed by atoms with E-state index in [0.29, 0.717) is 18.3 Å². The fourth-order valence-electron chi connectivity index (χ4n) is 3.80. The van der Waals surface area contributed by atoms with E-state index in [-0.39, 0.29) is 5.91 Å². The van der Waals surface area contributed by atoms with Crippen LogP contribution in [-0.4, -0.2) is 26.4 Å². The first kappa shape index (κ1) is 19.8. The highest BCUT2D eigenvalue weighted by atomic mass is 32.2. The Morgan fingerprint density at radius 1 is 1.21 bits per heavy atom. The van der Waals surface area contributed by atoms with Crippen molar-refractivity contribution in [2.24, 2.45) is 0 Å². The maximum Gasteiger partial charge on any atom is 0.230 e. The number of carbonyl (C=O) groups excluding carboxylic acids is 1. The molecule has 0 bridgehead atoms. The second kappa shape index (κ2) is 9.31. The van der Waals surface area contributed by atoms with Crippen molar-refractivity contribution in [2.45, 2.75) is 56.8 Å². The number of aromatic nitrogens is 3. The van der Waals surface area contributed by atoms with Gasteiger partial charge in [0.25, 0.3) is 0 Å². The summed E-state index contributed by atoms with van der Waals surface area (Å²) in [5, 5.41) is 12.7. The largest absolute Gasteiger partial charge is 0.467 e. The fourth-order valence-corrected chi connectivity index (χ4v) is 4.64. The van der Waals surface area contributed by atoms with E-state index in [4.69, 9.17) is 4.42 Å². The number of carbonyl (C=O) groups is 1. The van der Waals surface area contributed by atoms with Gasteiger partial charge in [-0.05, 0) is 38.0 Å². The molecule has 1 aromatic carbocycles. The maximum absolute atomic E-state index is 12.3. The molecule has 2 heterocycles. The molecular weight excluding hydrogens is 384 g/mol. The number of hydrogen-bond acceptors (Lipinski definition) is 5. The van der Waals surface area contributed by atoms with Crippen LogP contribution in [0.25, 0.3) is 11.4 Å². The van der Waals surface area contributed by atoms with E-state index in [2.05, 4.69) is 51.3 Å². The summed E-state index contributed by atoms with van der Waals surface area (Å²) < 4.78 is 7.52. The summed E-state index contributed by atoms with van der Waals surface area (Å²) in [7, 11) is 0. The molecule has 3 aromatic rings. The Morgan fingerprint density at radius 3 is 2.83 bits per heavy atom. The van der Waals surface area contributed by atoms with Gasteiger partial charge in [-0.15, -0.1) is 10.2 Å². The normalized spacial score (nSPS) is 14.8. The van der Waals surface area contributed by atoms with Crippen molar-refractivity contribution in [1.29, 1.82) is 0 Å². The lowest BCUT2D eigenvalue weighted by atomic mass is 9.95.